The van der Waals surface area contributed by atoms with Crippen LogP contribution in [0.5, 0.6) is 0 Å². The van der Waals surface area contributed by atoms with Crippen molar-refractivity contribution in [2.45, 2.75) is 58.4 Å². The van der Waals surface area contributed by atoms with Gasteiger partial charge in [0.15, 0.2) is 0 Å². The highest BCUT2D eigenvalue weighted by atomic mass is 16.2. The van der Waals surface area contributed by atoms with Crippen LogP contribution in [0.3, 0.4) is 0 Å². The van der Waals surface area contributed by atoms with E-state index < -0.39 is 0 Å². The molecule has 0 atom stereocenters. The molecule has 2 aliphatic rings. The summed E-state index contributed by atoms with van der Waals surface area (Å²) in [5.41, 5.74) is 3.62. The summed E-state index contributed by atoms with van der Waals surface area (Å²) in [5, 5.41) is 10.1. The number of nitrogens with zero attached hydrogens (tertiary/aromatic N) is 4. The van der Waals surface area contributed by atoms with Crippen molar-refractivity contribution < 1.29 is 4.79 Å². The van der Waals surface area contributed by atoms with Gasteiger partial charge in [0.05, 0.1) is 6.20 Å². The van der Waals surface area contributed by atoms with Gasteiger partial charge in [-0.3, -0.25) is 5.32 Å². The number of aryl methyl sites for hydroxylation is 2. The Morgan fingerprint density at radius 2 is 2.12 bits per heavy atom. The van der Waals surface area contributed by atoms with E-state index in [0.717, 1.165) is 36.7 Å². The van der Waals surface area contributed by atoms with Crippen LogP contribution < -0.4 is 10.6 Å². The van der Waals surface area contributed by atoms with Crippen molar-refractivity contribution in [2.24, 2.45) is 5.92 Å². The molecule has 0 bridgehead atoms. The van der Waals surface area contributed by atoms with Gasteiger partial charge in [-0.15, -0.1) is 0 Å². The summed E-state index contributed by atoms with van der Waals surface area (Å²) in [6, 6.07) is 1.62. The second-order valence-corrected chi connectivity index (χ2v) is 7.33. The zero-order valence-electron chi connectivity index (χ0n) is 15.3. The molecule has 7 heteroatoms. The minimum atomic E-state index is -0.211. The Labute approximate surface area is 153 Å². The topological polar surface area (TPSA) is 84.7 Å². The van der Waals surface area contributed by atoms with Gasteiger partial charge >= 0.3 is 6.03 Å². The van der Waals surface area contributed by atoms with E-state index in [4.69, 9.17) is 4.98 Å². The lowest BCUT2D eigenvalue weighted by Gasteiger charge is -2.17. The van der Waals surface area contributed by atoms with Crippen molar-refractivity contribution in [3.8, 4) is 0 Å². The molecule has 0 unspecified atom stereocenters. The highest BCUT2D eigenvalue weighted by molar-refractivity contribution is 5.88. The summed E-state index contributed by atoms with van der Waals surface area (Å²) >= 11 is 0. The van der Waals surface area contributed by atoms with Crippen LogP contribution in [0.1, 0.15) is 48.5 Å². The molecule has 0 saturated heterocycles. The molecular formula is C19H26N6O. The molecule has 7 nitrogen and oxygen atoms in total. The molecule has 0 radical (unpaired) electrons. The summed E-state index contributed by atoms with van der Waals surface area (Å²) in [6.45, 7) is 3.46. The third-order valence-electron chi connectivity index (χ3n) is 5.16. The van der Waals surface area contributed by atoms with Gasteiger partial charge in [0, 0.05) is 37.0 Å². The summed E-state index contributed by atoms with van der Waals surface area (Å²) in [4.78, 5) is 21.5. The summed E-state index contributed by atoms with van der Waals surface area (Å²) in [5.74, 6) is 2.28. The van der Waals surface area contributed by atoms with Crippen LogP contribution in [0.15, 0.2) is 12.3 Å². The minimum absolute atomic E-state index is 0.211. The molecule has 0 aliphatic heterocycles. The van der Waals surface area contributed by atoms with Crippen LogP contribution in [0, 0.1) is 12.8 Å². The summed E-state index contributed by atoms with van der Waals surface area (Å²) < 4.78 is 1.87. The number of carbonyl (C=O) groups excluding carboxylic acids is 1. The second kappa shape index (κ2) is 7.43. The maximum atomic E-state index is 12.1. The molecule has 138 valence electrons. The standard InChI is InChI=1S/C19H26N6O/c1-13-15-4-2-3-5-16(15)23-17(22-13)8-10-20-19(26)24-18-9-11-21-25(18)12-14-6-7-14/h9,11,14H,2-8,10,12H2,1H3,(H2,20,24,26). The monoisotopic (exact) mass is 354 g/mol. The molecule has 2 amide bonds. The molecule has 1 fully saturated rings. The van der Waals surface area contributed by atoms with Crippen LogP contribution >= 0.6 is 0 Å². The fraction of sp³-hybridized carbons (Fsp3) is 0.579. The van der Waals surface area contributed by atoms with Crippen molar-refractivity contribution in [2.75, 3.05) is 11.9 Å². The van der Waals surface area contributed by atoms with Crippen molar-refractivity contribution >= 4 is 11.8 Å². The van der Waals surface area contributed by atoms with Crippen LogP contribution in [-0.2, 0) is 25.8 Å². The average molecular weight is 354 g/mol. The number of hydrogen-bond donors (Lipinski definition) is 2. The Bertz CT molecular complexity index is 795. The van der Waals surface area contributed by atoms with Gasteiger partial charge in [0.1, 0.15) is 11.6 Å². The minimum Gasteiger partial charge on any atom is -0.337 e. The van der Waals surface area contributed by atoms with Gasteiger partial charge in [0.2, 0.25) is 0 Å². The number of carbonyl (C=O) groups is 1. The molecule has 2 N–H and O–H groups in total. The second-order valence-electron chi connectivity index (χ2n) is 7.33. The molecule has 1 saturated carbocycles. The van der Waals surface area contributed by atoms with Crippen LogP contribution in [0.2, 0.25) is 0 Å². The number of urea groups is 1. The number of aromatic nitrogens is 4. The first-order chi connectivity index (χ1) is 12.7. The Morgan fingerprint density at radius 3 is 2.96 bits per heavy atom. The average Bonchev–Trinajstić information content (AvgIpc) is 3.34. The lowest BCUT2D eigenvalue weighted by molar-refractivity contribution is 0.252. The van der Waals surface area contributed by atoms with Crippen LogP contribution in [0.4, 0.5) is 10.6 Å². The number of rotatable bonds is 6. The van der Waals surface area contributed by atoms with Gasteiger partial charge in [-0.25, -0.2) is 19.4 Å². The van der Waals surface area contributed by atoms with Crippen LogP contribution in [0.25, 0.3) is 0 Å². The number of amides is 2. The van der Waals surface area contributed by atoms with E-state index in [1.807, 2.05) is 10.7 Å². The van der Waals surface area contributed by atoms with Crippen LogP contribution in [-0.4, -0.2) is 32.3 Å². The highest BCUT2D eigenvalue weighted by Gasteiger charge is 2.23. The lowest BCUT2D eigenvalue weighted by Crippen LogP contribution is -2.31. The SMILES string of the molecule is Cc1nc(CCNC(=O)Nc2ccnn2CC2CC2)nc2c1CCCC2. The Balaban J connectivity index is 1.28. The van der Waals surface area contributed by atoms with Crippen molar-refractivity contribution in [3.05, 3.63) is 35.0 Å². The maximum Gasteiger partial charge on any atom is 0.320 e. The van der Waals surface area contributed by atoms with E-state index in [0.29, 0.717) is 18.9 Å². The maximum absolute atomic E-state index is 12.1. The van der Waals surface area contributed by atoms with E-state index >= 15 is 0 Å². The third-order valence-corrected chi connectivity index (χ3v) is 5.16. The molecule has 2 heterocycles. The zero-order chi connectivity index (χ0) is 17.9. The van der Waals surface area contributed by atoms with E-state index in [9.17, 15) is 4.79 Å². The smallest absolute Gasteiger partial charge is 0.320 e. The lowest BCUT2D eigenvalue weighted by atomic mass is 9.95. The first-order valence-corrected chi connectivity index (χ1v) is 9.61. The predicted octanol–water partition coefficient (Wildman–Crippen LogP) is 2.63. The first kappa shape index (κ1) is 17.0. The predicted molar refractivity (Wildman–Crippen MR) is 99.1 cm³/mol. The molecule has 0 aromatic carbocycles. The molecule has 2 aromatic rings. The fourth-order valence-electron chi connectivity index (χ4n) is 3.53. The van der Waals surface area contributed by atoms with Gasteiger partial charge in [0.25, 0.3) is 0 Å². The Morgan fingerprint density at radius 1 is 1.27 bits per heavy atom. The highest BCUT2D eigenvalue weighted by Crippen LogP contribution is 2.31. The number of fused-ring (bicyclic) bond motifs is 1. The summed E-state index contributed by atoms with van der Waals surface area (Å²) in [7, 11) is 0. The molecule has 2 aliphatic carbocycles. The number of anilines is 1. The molecule has 26 heavy (non-hydrogen) atoms. The third kappa shape index (κ3) is 4.03. The van der Waals surface area contributed by atoms with E-state index in [2.05, 4.69) is 27.6 Å². The molecule has 4 rings (SSSR count). The Hall–Kier alpha value is -2.44. The Kier molecular flexibility index (Phi) is 4.86. The van der Waals surface area contributed by atoms with Gasteiger partial charge in [-0.2, -0.15) is 5.10 Å². The van der Waals surface area contributed by atoms with Gasteiger partial charge in [-0.1, -0.05) is 0 Å². The van der Waals surface area contributed by atoms with Crippen molar-refractivity contribution in [1.29, 1.82) is 0 Å². The number of hydrogen-bond acceptors (Lipinski definition) is 4. The largest absolute Gasteiger partial charge is 0.337 e. The van der Waals surface area contributed by atoms with E-state index in [-0.39, 0.29) is 6.03 Å². The normalized spacial score (nSPS) is 16.2. The molecule has 2 aromatic heterocycles. The molecular weight excluding hydrogens is 328 g/mol. The van der Waals surface area contributed by atoms with Crippen molar-refractivity contribution in [1.82, 2.24) is 25.1 Å². The first-order valence-electron chi connectivity index (χ1n) is 9.61. The van der Waals surface area contributed by atoms with Gasteiger partial charge < -0.3 is 5.32 Å². The van der Waals surface area contributed by atoms with E-state index in [1.54, 1.807) is 6.20 Å². The van der Waals surface area contributed by atoms with E-state index in [1.165, 1.54) is 36.9 Å². The number of nitrogens with one attached hydrogen (secondary N) is 2. The quantitative estimate of drug-likeness (QED) is 0.835. The fourth-order valence-corrected chi connectivity index (χ4v) is 3.53. The van der Waals surface area contributed by atoms with Gasteiger partial charge in [-0.05, 0) is 56.9 Å². The zero-order valence-corrected chi connectivity index (χ0v) is 15.3. The molecule has 0 spiro atoms. The summed E-state index contributed by atoms with van der Waals surface area (Å²) in [6.07, 6.45) is 9.46. The van der Waals surface area contributed by atoms with Crippen molar-refractivity contribution in [3.63, 3.8) is 0 Å².